The summed E-state index contributed by atoms with van der Waals surface area (Å²) in [6, 6.07) is 5.20. The Balaban J connectivity index is 3.33. The van der Waals surface area contributed by atoms with Crippen molar-refractivity contribution in [3.05, 3.63) is 28.3 Å². The molecule has 0 fully saturated rings. The zero-order valence-corrected chi connectivity index (χ0v) is 9.69. The molecule has 0 bridgehead atoms. The van der Waals surface area contributed by atoms with Crippen LogP contribution < -0.4 is 5.32 Å². The number of nitro groups is 1. The van der Waals surface area contributed by atoms with Crippen molar-refractivity contribution < 1.29 is 13.3 Å². The third-order valence-corrected chi connectivity index (χ3v) is 3.07. The molecule has 0 spiro atoms. The van der Waals surface area contributed by atoms with Crippen molar-refractivity contribution in [2.45, 2.75) is 4.90 Å². The first-order valence-corrected chi connectivity index (χ1v) is 6.34. The molecule has 1 aromatic carbocycles. The second-order valence-electron chi connectivity index (χ2n) is 3.22. The number of anilines is 1. The summed E-state index contributed by atoms with van der Waals surface area (Å²) < 4.78 is 22.9. The Kier molecular flexibility index (Phi) is 3.65. The minimum absolute atomic E-state index is 0.0830. The van der Waals surface area contributed by atoms with Crippen LogP contribution in [0.25, 0.3) is 0 Å². The number of rotatable bonds is 4. The normalized spacial score (nSPS) is 10.6. The van der Waals surface area contributed by atoms with Crippen LogP contribution in [0.2, 0.25) is 0 Å². The fourth-order valence-electron chi connectivity index (χ4n) is 1.21. The van der Waals surface area contributed by atoms with E-state index in [9.17, 15) is 18.5 Å². The highest BCUT2D eigenvalue weighted by Gasteiger charge is 2.17. The first kappa shape index (κ1) is 12.9. The van der Waals surface area contributed by atoms with Crippen LogP contribution in [-0.2, 0) is 9.84 Å². The fourth-order valence-corrected chi connectivity index (χ4v) is 2.09. The molecule has 0 heterocycles. The maximum absolute atomic E-state index is 11.4. The van der Waals surface area contributed by atoms with E-state index in [1.807, 2.05) is 0 Å². The third kappa shape index (κ3) is 3.15. The van der Waals surface area contributed by atoms with Crippen LogP contribution in [0, 0.1) is 21.4 Å². The number of nitrogens with zero attached hydrogens (tertiary/aromatic N) is 2. The second kappa shape index (κ2) is 4.80. The number of hydrogen-bond acceptors (Lipinski definition) is 6. The van der Waals surface area contributed by atoms with Crippen LogP contribution in [0.1, 0.15) is 0 Å². The molecule has 8 heteroatoms. The van der Waals surface area contributed by atoms with Crippen molar-refractivity contribution in [2.75, 3.05) is 18.1 Å². The molecule has 0 aliphatic heterocycles. The molecule has 0 saturated carbocycles. The lowest BCUT2D eigenvalue weighted by Gasteiger charge is -2.07. The topological polar surface area (TPSA) is 113 Å². The minimum atomic E-state index is -3.60. The van der Waals surface area contributed by atoms with Gasteiger partial charge in [0.15, 0.2) is 9.84 Å². The smallest absolute Gasteiger partial charge is 0.270 e. The Hall–Kier alpha value is -2.14. The molecule has 0 amide bonds. The van der Waals surface area contributed by atoms with E-state index in [0.717, 1.165) is 12.3 Å². The van der Waals surface area contributed by atoms with Gasteiger partial charge in [0.1, 0.15) is 6.54 Å². The summed E-state index contributed by atoms with van der Waals surface area (Å²) in [5.74, 6) is 0. The summed E-state index contributed by atoms with van der Waals surface area (Å²) in [4.78, 5) is 9.67. The summed E-state index contributed by atoms with van der Waals surface area (Å²) in [5, 5.41) is 21.5. The average molecular weight is 255 g/mol. The number of nitriles is 1. The van der Waals surface area contributed by atoms with Gasteiger partial charge in [-0.25, -0.2) is 8.42 Å². The molecule has 7 nitrogen and oxygen atoms in total. The lowest BCUT2D eigenvalue weighted by molar-refractivity contribution is -0.385. The molecule has 17 heavy (non-hydrogen) atoms. The maximum Gasteiger partial charge on any atom is 0.270 e. The Morgan fingerprint density at radius 2 is 2.18 bits per heavy atom. The third-order valence-electron chi connectivity index (χ3n) is 1.93. The lowest BCUT2D eigenvalue weighted by atomic mass is 10.3. The van der Waals surface area contributed by atoms with Gasteiger partial charge in [-0.15, -0.1) is 0 Å². The maximum atomic E-state index is 11.4. The van der Waals surface area contributed by atoms with Gasteiger partial charge in [0.25, 0.3) is 5.69 Å². The van der Waals surface area contributed by atoms with E-state index in [1.165, 1.54) is 12.1 Å². The van der Waals surface area contributed by atoms with Crippen LogP contribution in [0.4, 0.5) is 11.4 Å². The molecule has 0 atom stereocenters. The highest BCUT2D eigenvalue weighted by atomic mass is 32.2. The largest absolute Gasteiger partial charge is 0.371 e. The van der Waals surface area contributed by atoms with E-state index >= 15 is 0 Å². The molecule has 0 unspecified atom stereocenters. The fraction of sp³-hybridized carbons (Fsp3) is 0.222. The highest BCUT2D eigenvalue weighted by molar-refractivity contribution is 7.90. The van der Waals surface area contributed by atoms with E-state index in [0.29, 0.717) is 0 Å². The lowest BCUT2D eigenvalue weighted by Crippen LogP contribution is -2.07. The molecule has 0 aliphatic carbocycles. The van der Waals surface area contributed by atoms with Crippen LogP contribution in [0.15, 0.2) is 23.1 Å². The molecule has 1 N–H and O–H groups in total. The molecule has 90 valence electrons. The van der Waals surface area contributed by atoms with Crippen molar-refractivity contribution in [1.29, 1.82) is 5.26 Å². The predicted octanol–water partition coefficient (Wildman–Crippen LogP) is 0.934. The monoisotopic (exact) mass is 255 g/mol. The summed E-state index contributed by atoms with van der Waals surface area (Å²) in [6.07, 6.45) is 0.948. The van der Waals surface area contributed by atoms with Crippen molar-refractivity contribution in [3.8, 4) is 6.07 Å². The van der Waals surface area contributed by atoms with Crippen LogP contribution >= 0.6 is 0 Å². The van der Waals surface area contributed by atoms with E-state index in [1.54, 1.807) is 6.07 Å². The number of benzene rings is 1. The number of hydrogen-bond donors (Lipinski definition) is 1. The van der Waals surface area contributed by atoms with Crippen molar-refractivity contribution in [2.24, 2.45) is 0 Å². The Bertz CT molecular complexity index is 589. The van der Waals surface area contributed by atoms with Gasteiger partial charge < -0.3 is 5.32 Å². The SMILES string of the molecule is CS(=O)(=O)c1cc([N+](=O)[O-])ccc1NCC#N. The van der Waals surface area contributed by atoms with Gasteiger partial charge in [-0.3, -0.25) is 10.1 Å². The molecule has 0 radical (unpaired) electrons. The second-order valence-corrected chi connectivity index (χ2v) is 5.21. The summed E-state index contributed by atoms with van der Waals surface area (Å²) in [6.45, 7) is -0.0830. The number of nitrogens with one attached hydrogen (secondary N) is 1. The van der Waals surface area contributed by atoms with Crippen LogP contribution in [-0.4, -0.2) is 26.1 Å². The molecular weight excluding hydrogens is 246 g/mol. The molecule has 0 saturated heterocycles. The van der Waals surface area contributed by atoms with Gasteiger partial charge in [-0.05, 0) is 6.07 Å². The Morgan fingerprint density at radius 3 is 2.65 bits per heavy atom. The van der Waals surface area contributed by atoms with Gasteiger partial charge in [0.05, 0.1) is 21.6 Å². The molecule has 0 aliphatic rings. The molecule has 1 aromatic rings. The summed E-state index contributed by atoms with van der Waals surface area (Å²) in [5.41, 5.74) is -0.132. The highest BCUT2D eigenvalue weighted by Crippen LogP contribution is 2.26. The first-order chi connectivity index (χ1) is 7.86. The van der Waals surface area contributed by atoms with Crippen molar-refractivity contribution in [3.63, 3.8) is 0 Å². The first-order valence-electron chi connectivity index (χ1n) is 4.45. The van der Waals surface area contributed by atoms with Crippen molar-refractivity contribution >= 4 is 21.2 Å². The number of sulfone groups is 1. The standard InChI is InChI=1S/C9H9N3O4S/c1-17(15,16)9-6-7(12(13)14)2-3-8(9)11-5-4-10/h2-3,6,11H,5H2,1H3. The van der Waals surface area contributed by atoms with E-state index in [-0.39, 0.29) is 22.8 Å². The van der Waals surface area contributed by atoms with E-state index in [4.69, 9.17) is 5.26 Å². The van der Waals surface area contributed by atoms with Crippen LogP contribution in [0.5, 0.6) is 0 Å². The Morgan fingerprint density at radius 1 is 1.53 bits per heavy atom. The van der Waals surface area contributed by atoms with E-state index in [2.05, 4.69) is 5.32 Å². The quantitative estimate of drug-likeness (QED) is 0.486. The van der Waals surface area contributed by atoms with Crippen LogP contribution in [0.3, 0.4) is 0 Å². The van der Waals surface area contributed by atoms with Gasteiger partial charge in [0, 0.05) is 18.4 Å². The minimum Gasteiger partial charge on any atom is -0.371 e. The Labute approximate surface area is 97.7 Å². The van der Waals surface area contributed by atoms with Gasteiger partial charge in [0.2, 0.25) is 0 Å². The predicted molar refractivity (Wildman–Crippen MR) is 60.3 cm³/mol. The van der Waals surface area contributed by atoms with Crippen molar-refractivity contribution in [1.82, 2.24) is 0 Å². The molecular formula is C9H9N3O4S. The van der Waals surface area contributed by atoms with Gasteiger partial charge >= 0.3 is 0 Å². The van der Waals surface area contributed by atoms with E-state index < -0.39 is 14.8 Å². The zero-order valence-electron chi connectivity index (χ0n) is 8.87. The zero-order chi connectivity index (χ0) is 13.1. The molecule has 1 rings (SSSR count). The number of non-ortho nitro benzene ring substituents is 1. The number of nitro benzene ring substituents is 1. The molecule has 0 aromatic heterocycles. The van der Waals surface area contributed by atoms with Gasteiger partial charge in [-0.1, -0.05) is 0 Å². The van der Waals surface area contributed by atoms with Gasteiger partial charge in [-0.2, -0.15) is 5.26 Å². The summed E-state index contributed by atoms with van der Waals surface area (Å²) >= 11 is 0. The average Bonchev–Trinajstić information content (AvgIpc) is 2.24. The summed E-state index contributed by atoms with van der Waals surface area (Å²) in [7, 11) is -3.60.